The Bertz CT molecular complexity index is 869. The number of ketones is 1. The molecule has 6 N–H and O–H groups in total. The molecule has 0 aliphatic heterocycles. The number of rotatable bonds is 6. The van der Waals surface area contributed by atoms with E-state index in [1.54, 1.807) is 13.0 Å². The molecule has 35 heavy (non-hydrogen) atoms. The fourth-order valence-corrected chi connectivity index (χ4v) is 8.93. The molecule has 0 bridgehead atoms. The quantitative estimate of drug-likeness (QED) is 0.332. The van der Waals surface area contributed by atoms with Crippen LogP contribution in [0.5, 0.6) is 0 Å². The average molecular weight is 495 g/mol. The predicted molar refractivity (Wildman–Crippen MR) is 131 cm³/mol. The number of aliphatic hydroxyl groups excluding tert-OH is 4. The predicted octanol–water partition coefficient (Wildman–Crippen LogP) is 1.96. The summed E-state index contributed by atoms with van der Waals surface area (Å²) in [6, 6.07) is 0. The number of aliphatic hydroxyl groups is 6. The summed E-state index contributed by atoms with van der Waals surface area (Å²) >= 11 is 0. The highest BCUT2D eigenvalue weighted by Gasteiger charge is 2.69. The van der Waals surface area contributed by atoms with E-state index in [0.717, 1.165) is 0 Å². The molecule has 0 heterocycles. The van der Waals surface area contributed by atoms with Crippen molar-refractivity contribution in [3.05, 3.63) is 11.6 Å². The molecule has 0 aromatic rings. The maximum atomic E-state index is 13.3. The summed E-state index contributed by atoms with van der Waals surface area (Å²) < 4.78 is 0. The first kappa shape index (κ1) is 27.2. The number of carbonyl (C=O) groups is 1. The molecule has 3 fully saturated rings. The Kier molecular flexibility index (Phi) is 6.91. The summed E-state index contributed by atoms with van der Waals surface area (Å²) in [5.74, 6) is -1.14. The minimum Gasteiger partial charge on any atom is -0.396 e. The smallest absolute Gasteiger partial charge is 0.159 e. The molecule has 7 nitrogen and oxygen atoms in total. The van der Waals surface area contributed by atoms with E-state index in [9.17, 15) is 35.4 Å². The van der Waals surface area contributed by atoms with Crippen molar-refractivity contribution >= 4 is 5.78 Å². The first-order valence-electron chi connectivity index (χ1n) is 13.5. The summed E-state index contributed by atoms with van der Waals surface area (Å²) in [5, 5.41) is 65.4. The van der Waals surface area contributed by atoms with Gasteiger partial charge in [-0.15, -0.1) is 0 Å². The summed E-state index contributed by atoms with van der Waals surface area (Å²) in [5.41, 5.74) is -3.27. The van der Waals surface area contributed by atoms with Crippen LogP contribution in [0.3, 0.4) is 0 Å². The zero-order valence-corrected chi connectivity index (χ0v) is 21.9. The largest absolute Gasteiger partial charge is 0.396 e. The maximum Gasteiger partial charge on any atom is 0.159 e. The average Bonchev–Trinajstić information content (AvgIpc) is 3.07. The highest BCUT2D eigenvalue weighted by atomic mass is 16.3. The number of allylic oxidation sites excluding steroid dienone is 1. The Hall–Kier alpha value is -0.830. The van der Waals surface area contributed by atoms with Gasteiger partial charge in [-0.2, -0.15) is 0 Å². The van der Waals surface area contributed by atoms with Crippen molar-refractivity contribution in [1.82, 2.24) is 0 Å². The van der Waals surface area contributed by atoms with Crippen molar-refractivity contribution in [2.75, 3.05) is 6.61 Å². The van der Waals surface area contributed by atoms with Gasteiger partial charge in [0.2, 0.25) is 0 Å². The first-order valence-corrected chi connectivity index (χ1v) is 13.5. The van der Waals surface area contributed by atoms with Crippen LogP contribution >= 0.6 is 0 Å². The van der Waals surface area contributed by atoms with Gasteiger partial charge < -0.3 is 30.6 Å². The number of carbonyl (C=O) groups excluding carboxylic acids is 1. The van der Waals surface area contributed by atoms with E-state index in [1.807, 2.05) is 27.7 Å². The van der Waals surface area contributed by atoms with Crippen molar-refractivity contribution in [2.24, 2.45) is 40.4 Å². The third-order valence-corrected chi connectivity index (χ3v) is 11.0. The third kappa shape index (κ3) is 3.88. The van der Waals surface area contributed by atoms with Crippen LogP contribution in [-0.2, 0) is 4.79 Å². The van der Waals surface area contributed by atoms with Gasteiger partial charge in [-0.3, -0.25) is 4.79 Å². The summed E-state index contributed by atoms with van der Waals surface area (Å²) in [7, 11) is 0. The molecule has 0 amide bonds. The van der Waals surface area contributed by atoms with Crippen molar-refractivity contribution < 1.29 is 35.4 Å². The third-order valence-electron chi connectivity index (χ3n) is 11.0. The fraction of sp³-hybridized carbons (Fsp3) is 0.893. The maximum absolute atomic E-state index is 13.3. The molecule has 0 aromatic carbocycles. The van der Waals surface area contributed by atoms with Gasteiger partial charge in [0.1, 0.15) is 0 Å². The highest BCUT2D eigenvalue weighted by Crippen LogP contribution is 2.68. The van der Waals surface area contributed by atoms with Crippen LogP contribution < -0.4 is 0 Å². The van der Waals surface area contributed by atoms with Gasteiger partial charge in [0.05, 0.1) is 29.5 Å². The van der Waals surface area contributed by atoms with E-state index in [4.69, 9.17) is 0 Å². The Labute approximate surface area is 209 Å². The number of fused-ring (bicyclic) bond motifs is 5. The molecule has 12 atom stereocenters. The van der Waals surface area contributed by atoms with Gasteiger partial charge >= 0.3 is 0 Å². The molecule has 0 saturated heterocycles. The van der Waals surface area contributed by atoms with Crippen LogP contribution in [0.4, 0.5) is 0 Å². The minimum absolute atomic E-state index is 0.0124. The monoisotopic (exact) mass is 494 g/mol. The van der Waals surface area contributed by atoms with Crippen molar-refractivity contribution in [1.29, 1.82) is 0 Å². The van der Waals surface area contributed by atoms with Gasteiger partial charge in [0.15, 0.2) is 5.78 Å². The normalized spacial score (nSPS) is 47.6. The minimum atomic E-state index is -1.45. The second-order valence-electron chi connectivity index (χ2n) is 13.3. The Morgan fingerprint density at radius 2 is 1.77 bits per heavy atom. The van der Waals surface area contributed by atoms with Crippen molar-refractivity contribution in [3.63, 3.8) is 0 Å². The molecule has 3 saturated carbocycles. The zero-order chi connectivity index (χ0) is 26.1. The first-order chi connectivity index (χ1) is 16.1. The summed E-state index contributed by atoms with van der Waals surface area (Å²) in [4.78, 5) is 13.3. The molecule has 200 valence electrons. The highest BCUT2D eigenvalue weighted by molar-refractivity contribution is 5.95. The van der Waals surface area contributed by atoms with Crippen LogP contribution in [0.15, 0.2) is 11.6 Å². The van der Waals surface area contributed by atoms with E-state index in [0.29, 0.717) is 44.1 Å². The van der Waals surface area contributed by atoms with E-state index in [2.05, 4.69) is 0 Å². The molecule has 0 aromatic heterocycles. The molecule has 4 aliphatic carbocycles. The van der Waals surface area contributed by atoms with E-state index >= 15 is 0 Å². The van der Waals surface area contributed by atoms with Crippen LogP contribution in [0.25, 0.3) is 0 Å². The molecular formula is C28H46O7. The zero-order valence-electron chi connectivity index (χ0n) is 21.9. The molecule has 4 aliphatic rings. The lowest BCUT2D eigenvalue weighted by Gasteiger charge is -2.60. The fourth-order valence-electron chi connectivity index (χ4n) is 8.93. The van der Waals surface area contributed by atoms with Crippen LogP contribution in [0.2, 0.25) is 0 Å². The second kappa shape index (κ2) is 8.88. The van der Waals surface area contributed by atoms with Gasteiger partial charge in [0.25, 0.3) is 0 Å². The molecule has 0 radical (unpaired) electrons. The summed E-state index contributed by atoms with van der Waals surface area (Å²) in [6.07, 6.45) is 2.21. The lowest BCUT2D eigenvalue weighted by molar-refractivity contribution is -0.182. The number of hydrogen-bond donors (Lipinski definition) is 6. The van der Waals surface area contributed by atoms with Gasteiger partial charge in [-0.25, -0.2) is 0 Å². The lowest BCUT2D eigenvalue weighted by Crippen LogP contribution is -2.63. The lowest BCUT2D eigenvalue weighted by atomic mass is 9.45. The molecule has 0 spiro atoms. The van der Waals surface area contributed by atoms with Crippen molar-refractivity contribution in [3.8, 4) is 0 Å². The Morgan fingerprint density at radius 1 is 1.11 bits per heavy atom. The van der Waals surface area contributed by atoms with E-state index in [-0.39, 0.29) is 48.4 Å². The van der Waals surface area contributed by atoms with E-state index < -0.39 is 40.3 Å². The Morgan fingerprint density at radius 3 is 2.40 bits per heavy atom. The van der Waals surface area contributed by atoms with Gasteiger partial charge in [0, 0.05) is 17.9 Å². The second-order valence-corrected chi connectivity index (χ2v) is 13.3. The van der Waals surface area contributed by atoms with Crippen molar-refractivity contribution in [2.45, 2.75) is 109 Å². The molecule has 4 rings (SSSR count). The topological polar surface area (TPSA) is 138 Å². The van der Waals surface area contributed by atoms with Crippen LogP contribution in [-0.4, -0.2) is 72.5 Å². The van der Waals surface area contributed by atoms with Crippen LogP contribution in [0, 0.1) is 40.4 Å². The summed E-state index contributed by atoms with van der Waals surface area (Å²) in [6.45, 7) is 9.50. The number of hydrogen-bond acceptors (Lipinski definition) is 7. The molecular weight excluding hydrogens is 448 g/mol. The molecule has 0 unspecified atom stereocenters. The van der Waals surface area contributed by atoms with Crippen LogP contribution in [0.1, 0.15) is 79.6 Å². The Balaban J connectivity index is 1.67. The standard InChI is InChI=1S/C28H46O7/c1-15(14-29)10-16(2)24(33)27(5,34)23-7-9-28(35)18-11-20(30)19-12-21(31)22(32)13-25(19,3)17(18)6-8-26(23,28)4/h11,15-17,19,21-24,29,31-35H,6-10,12-14H2,1-5H3/t15-,16-,17+,19+,21-,22+,23+,24-,25-,26-,27-,28-/m1/s1. The van der Waals surface area contributed by atoms with E-state index in [1.165, 1.54) is 0 Å². The SMILES string of the molecule is C[C@@H](CO)C[C@@H](C)[C@@H](O)[C@](C)(O)[C@H]1CC[C@@]2(O)C3=CC(=O)[C@@H]4C[C@@H](O)[C@@H](O)C[C@]4(C)[C@H]3CC[C@]12C. The molecule has 7 heteroatoms. The van der Waals surface area contributed by atoms with Gasteiger partial charge in [-0.1, -0.05) is 27.7 Å². The van der Waals surface area contributed by atoms with Gasteiger partial charge in [-0.05, 0) is 92.6 Å².